The first-order valence-corrected chi connectivity index (χ1v) is 6.13. The molecule has 0 atom stereocenters. The molecule has 0 aliphatic carbocycles. The summed E-state index contributed by atoms with van der Waals surface area (Å²) in [7, 11) is 0. The van der Waals surface area contributed by atoms with Gasteiger partial charge in [0.1, 0.15) is 17.0 Å². The van der Waals surface area contributed by atoms with E-state index in [9.17, 15) is 4.79 Å². The molecule has 0 saturated carbocycles. The number of carbonyl (C=O) groups excluding carboxylic acids is 1. The van der Waals surface area contributed by atoms with Crippen molar-refractivity contribution in [2.24, 2.45) is 0 Å². The molecule has 0 radical (unpaired) electrons. The third-order valence-corrected chi connectivity index (χ3v) is 2.96. The fraction of sp³-hybridized carbons (Fsp3) is 0.143. The van der Waals surface area contributed by atoms with Crippen molar-refractivity contribution in [3.63, 3.8) is 0 Å². The average Bonchev–Trinajstić information content (AvgIpc) is 2.78. The van der Waals surface area contributed by atoms with E-state index in [1.165, 1.54) is 0 Å². The van der Waals surface area contributed by atoms with E-state index in [4.69, 9.17) is 16.1 Å². The van der Waals surface area contributed by atoms with Gasteiger partial charge in [0.15, 0.2) is 0 Å². The summed E-state index contributed by atoms with van der Waals surface area (Å²) in [5, 5.41) is 7.16. The van der Waals surface area contributed by atoms with Gasteiger partial charge >= 0.3 is 0 Å². The predicted octanol–water partition coefficient (Wildman–Crippen LogP) is 3.22. The van der Waals surface area contributed by atoms with E-state index < -0.39 is 0 Å². The maximum atomic E-state index is 12.1. The number of hydrogen-bond donors (Lipinski definition) is 1. The first-order valence-electron chi connectivity index (χ1n) is 5.75. The number of nitrogens with one attached hydrogen (secondary N) is 1. The molecule has 1 amide bonds. The van der Waals surface area contributed by atoms with Crippen molar-refractivity contribution >= 4 is 17.5 Å². The minimum absolute atomic E-state index is 0.256. The van der Waals surface area contributed by atoms with Crippen LogP contribution in [0.4, 0.5) is 0 Å². The average molecular weight is 277 g/mol. The number of nitrogens with zero attached hydrogens (tertiary/aromatic N) is 1. The maximum Gasteiger partial charge on any atom is 0.257 e. The molecule has 2 aromatic rings. The van der Waals surface area contributed by atoms with Gasteiger partial charge in [0.05, 0.1) is 5.02 Å². The van der Waals surface area contributed by atoms with Crippen LogP contribution in [0.15, 0.2) is 41.4 Å². The van der Waals surface area contributed by atoms with Crippen LogP contribution in [0.3, 0.4) is 0 Å². The van der Waals surface area contributed by atoms with Gasteiger partial charge in [-0.15, -0.1) is 6.58 Å². The quantitative estimate of drug-likeness (QED) is 0.873. The molecule has 1 heterocycles. The summed E-state index contributed by atoms with van der Waals surface area (Å²) in [6.45, 7) is 5.63. The van der Waals surface area contributed by atoms with E-state index in [1.807, 2.05) is 12.1 Å². The molecule has 2 rings (SSSR count). The third kappa shape index (κ3) is 2.69. The minimum Gasteiger partial charge on any atom is -0.360 e. The Balaban J connectivity index is 2.46. The Kier molecular flexibility index (Phi) is 4.02. The normalized spacial score (nSPS) is 10.2. The van der Waals surface area contributed by atoms with E-state index in [0.29, 0.717) is 34.1 Å². The predicted molar refractivity (Wildman–Crippen MR) is 74.2 cm³/mol. The molecular formula is C14H13ClN2O2. The van der Waals surface area contributed by atoms with Crippen molar-refractivity contribution < 1.29 is 9.32 Å². The van der Waals surface area contributed by atoms with Crippen molar-refractivity contribution in [3.05, 3.63) is 53.3 Å². The van der Waals surface area contributed by atoms with Crippen LogP contribution in [0.25, 0.3) is 11.3 Å². The Morgan fingerprint density at radius 1 is 1.53 bits per heavy atom. The van der Waals surface area contributed by atoms with Gasteiger partial charge in [-0.05, 0) is 13.0 Å². The van der Waals surface area contributed by atoms with E-state index >= 15 is 0 Å². The summed E-state index contributed by atoms with van der Waals surface area (Å²) in [6, 6.07) is 7.18. The molecular weight excluding hydrogens is 264 g/mol. The van der Waals surface area contributed by atoms with Gasteiger partial charge in [0.2, 0.25) is 0 Å². The van der Waals surface area contributed by atoms with Gasteiger partial charge in [-0.25, -0.2) is 0 Å². The van der Waals surface area contributed by atoms with Crippen LogP contribution in [-0.2, 0) is 0 Å². The summed E-state index contributed by atoms with van der Waals surface area (Å²) < 4.78 is 5.11. The summed E-state index contributed by atoms with van der Waals surface area (Å²) in [5.41, 5.74) is 1.52. The monoisotopic (exact) mass is 276 g/mol. The summed E-state index contributed by atoms with van der Waals surface area (Å²) in [5.74, 6) is 0.199. The van der Waals surface area contributed by atoms with Crippen molar-refractivity contribution in [1.82, 2.24) is 10.5 Å². The zero-order valence-electron chi connectivity index (χ0n) is 10.4. The number of hydrogen-bond acceptors (Lipinski definition) is 3. The molecule has 19 heavy (non-hydrogen) atoms. The number of halogens is 1. The number of aryl methyl sites for hydroxylation is 1. The first kappa shape index (κ1) is 13.4. The molecule has 98 valence electrons. The van der Waals surface area contributed by atoms with Crippen LogP contribution < -0.4 is 5.32 Å². The SMILES string of the molecule is C=CCNC(=O)c1c(-c2ccccc2Cl)noc1C. The smallest absolute Gasteiger partial charge is 0.257 e. The highest BCUT2D eigenvalue weighted by molar-refractivity contribution is 6.33. The number of carbonyl (C=O) groups is 1. The lowest BCUT2D eigenvalue weighted by Gasteiger charge is -2.04. The second-order valence-electron chi connectivity index (χ2n) is 3.94. The van der Waals surface area contributed by atoms with E-state index in [2.05, 4.69) is 17.1 Å². The lowest BCUT2D eigenvalue weighted by molar-refractivity contribution is 0.0957. The molecule has 1 aromatic carbocycles. The van der Waals surface area contributed by atoms with Crippen LogP contribution in [0.5, 0.6) is 0 Å². The largest absolute Gasteiger partial charge is 0.360 e. The van der Waals surface area contributed by atoms with Gasteiger partial charge in [0, 0.05) is 12.1 Å². The van der Waals surface area contributed by atoms with E-state index in [-0.39, 0.29) is 5.91 Å². The molecule has 4 nitrogen and oxygen atoms in total. The van der Waals surface area contributed by atoms with Crippen molar-refractivity contribution in [2.45, 2.75) is 6.92 Å². The summed E-state index contributed by atoms with van der Waals surface area (Å²) >= 11 is 6.12. The fourth-order valence-electron chi connectivity index (χ4n) is 1.73. The Morgan fingerprint density at radius 2 is 2.26 bits per heavy atom. The molecule has 0 aliphatic rings. The highest BCUT2D eigenvalue weighted by Crippen LogP contribution is 2.30. The molecule has 0 saturated heterocycles. The third-order valence-electron chi connectivity index (χ3n) is 2.63. The zero-order valence-corrected chi connectivity index (χ0v) is 11.2. The van der Waals surface area contributed by atoms with Gasteiger partial charge in [0.25, 0.3) is 5.91 Å². The number of amides is 1. The Morgan fingerprint density at radius 3 is 2.95 bits per heavy atom. The van der Waals surface area contributed by atoms with Gasteiger partial charge in [-0.2, -0.15) is 0 Å². The molecule has 0 aliphatic heterocycles. The standard InChI is InChI=1S/C14H13ClN2O2/c1-3-8-16-14(18)12-9(2)19-17-13(12)10-6-4-5-7-11(10)15/h3-7H,1,8H2,2H3,(H,16,18). The van der Waals surface area contributed by atoms with Gasteiger partial charge < -0.3 is 9.84 Å². The van der Waals surface area contributed by atoms with Crippen LogP contribution >= 0.6 is 11.6 Å². The second kappa shape index (κ2) is 5.71. The van der Waals surface area contributed by atoms with Gasteiger partial charge in [-0.3, -0.25) is 4.79 Å². The highest BCUT2D eigenvalue weighted by atomic mass is 35.5. The molecule has 1 N–H and O–H groups in total. The van der Waals surface area contributed by atoms with Crippen LogP contribution in [0.1, 0.15) is 16.1 Å². The Hall–Kier alpha value is -2.07. The van der Waals surface area contributed by atoms with Crippen LogP contribution in [0, 0.1) is 6.92 Å². The Labute approximate surface area is 116 Å². The van der Waals surface area contributed by atoms with Crippen molar-refractivity contribution in [3.8, 4) is 11.3 Å². The lowest BCUT2D eigenvalue weighted by atomic mass is 10.1. The molecule has 0 bridgehead atoms. The fourth-order valence-corrected chi connectivity index (χ4v) is 1.96. The molecule has 0 fully saturated rings. The zero-order chi connectivity index (χ0) is 13.8. The topological polar surface area (TPSA) is 55.1 Å². The van der Waals surface area contributed by atoms with Crippen molar-refractivity contribution in [1.29, 1.82) is 0 Å². The van der Waals surface area contributed by atoms with E-state index in [0.717, 1.165) is 0 Å². The van der Waals surface area contributed by atoms with Crippen LogP contribution in [0.2, 0.25) is 5.02 Å². The molecule has 0 spiro atoms. The van der Waals surface area contributed by atoms with Crippen LogP contribution in [-0.4, -0.2) is 17.6 Å². The van der Waals surface area contributed by atoms with Crippen molar-refractivity contribution in [2.75, 3.05) is 6.54 Å². The minimum atomic E-state index is -0.256. The maximum absolute atomic E-state index is 12.1. The highest BCUT2D eigenvalue weighted by Gasteiger charge is 2.22. The Bertz CT molecular complexity index is 620. The molecule has 0 unspecified atom stereocenters. The number of rotatable bonds is 4. The van der Waals surface area contributed by atoms with E-state index in [1.54, 1.807) is 25.1 Å². The first-order chi connectivity index (χ1) is 9.15. The number of benzene rings is 1. The second-order valence-corrected chi connectivity index (χ2v) is 4.35. The van der Waals surface area contributed by atoms with Gasteiger partial charge in [-0.1, -0.05) is 41.0 Å². The molecule has 1 aromatic heterocycles. The number of aromatic nitrogens is 1. The molecule has 5 heteroatoms. The lowest BCUT2D eigenvalue weighted by Crippen LogP contribution is -2.24. The summed E-state index contributed by atoms with van der Waals surface area (Å²) in [4.78, 5) is 12.1. The summed E-state index contributed by atoms with van der Waals surface area (Å²) in [6.07, 6.45) is 1.61.